The Morgan fingerprint density at radius 2 is 1.58 bits per heavy atom. The van der Waals surface area contributed by atoms with E-state index in [2.05, 4.69) is 9.69 Å². The van der Waals surface area contributed by atoms with Gasteiger partial charge in [-0.05, 0) is 47.3 Å². The second-order valence-corrected chi connectivity index (χ2v) is 8.29. The van der Waals surface area contributed by atoms with Gasteiger partial charge in [-0.3, -0.25) is 4.79 Å². The van der Waals surface area contributed by atoms with Gasteiger partial charge in [0.25, 0.3) is 0 Å². The monoisotopic (exact) mass is 471 g/mol. The number of nitrogens with one attached hydrogen (secondary N) is 1. The molecule has 0 aliphatic heterocycles. The quantitative estimate of drug-likeness (QED) is 0.475. The third-order valence-electron chi connectivity index (χ3n) is 5.30. The van der Waals surface area contributed by atoms with E-state index >= 15 is 0 Å². The van der Waals surface area contributed by atoms with Gasteiger partial charge in [-0.15, -0.1) is 0 Å². The number of ether oxygens (including phenoxy) is 4. The van der Waals surface area contributed by atoms with Crippen LogP contribution in [0.2, 0.25) is 0 Å². The van der Waals surface area contributed by atoms with Crippen LogP contribution < -0.4 is 30.0 Å². The maximum absolute atomic E-state index is 12.6. The van der Waals surface area contributed by atoms with E-state index in [1.54, 1.807) is 28.4 Å². The van der Waals surface area contributed by atoms with Crippen LogP contribution in [0.4, 0.5) is 5.69 Å². The van der Waals surface area contributed by atoms with E-state index < -0.39 is 6.04 Å². The largest absolute Gasteiger partial charge is 0.495 e. The molecule has 0 radical (unpaired) electrons. The first-order valence-electron chi connectivity index (χ1n) is 10.3. The normalized spacial score (nSPS) is 11.8. The van der Waals surface area contributed by atoms with Gasteiger partial charge in [-0.2, -0.15) is 4.37 Å². The fourth-order valence-electron chi connectivity index (χ4n) is 3.36. The number of amides is 1. The van der Waals surface area contributed by atoms with Crippen molar-refractivity contribution in [3.63, 3.8) is 0 Å². The van der Waals surface area contributed by atoms with E-state index in [0.29, 0.717) is 28.7 Å². The van der Waals surface area contributed by atoms with E-state index in [1.165, 1.54) is 11.5 Å². The van der Waals surface area contributed by atoms with Gasteiger partial charge in [0.05, 0.1) is 45.9 Å². The van der Waals surface area contributed by atoms with E-state index in [9.17, 15) is 4.79 Å². The van der Waals surface area contributed by atoms with Crippen molar-refractivity contribution in [3.8, 4) is 45.4 Å². The minimum atomic E-state index is -0.629. The maximum Gasteiger partial charge on any atom is 0.241 e. The van der Waals surface area contributed by atoms with Crippen LogP contribution in [0.5, 0.6) is 23.0 Å². The topological polar surface area (TPSA) is 105 Å². The van der Waals surface area contributed by atoms with Gasteiger partial charge in [0.2, 0.25) is 11.7 Å². The SMILES string of the molecule is COc1ccc(-c2csnc2-c2cc(OC)c(OC)c(OC)c2)cc1NC(=O)[C@H](N)C(C)C. The number of methoxy groups -OCH3 is 4. The van der Waals surface area contributed by atoms with Crippen molar-refractivity contribution < 1.29 is 23.7 Å². The van der Waals surface area contributed by atoms with E-state index in [4.69, 9.17) is 24.7 Å². The molecule has 0 fully saturated rings. The Morgan fingerprint density at radius 3 is 2.12 bits per heavy atom. The Morgan fingerprint density at radius 1 is 0.939 bits per heavy atom. The smallest absolute Gasteiger partial charge is 0.241 e. The first kappa shape index (κ1) is 24.3. The molecule has 1 atom stereocenters. The molecule has 0 aliphatic rings. The van der Waals surface area contributed by atoms with Gasteiger partial charge in [0.1, 0.15) is 5.75 Å². The highest BCUT2D eigenvalue weighted by Gasteiger charge is 2.21. The van der Waals surface area contributed by atoms with Crippen LogP contribution in [0, 0.1) is 5.92 Å². The molecule has 0 spiro atoms. The molecule has 3 aromatic rings. The first-order valence-corrected chi connectivity index (χ1v) is 11.2. The maximum atomic E-state index is 12.6. The summed E-state index contributed by atoms with van der Waals surface area (Å²) in [5, 5.41) is 4.84. The second-order valence-electron chi connectivity index (χ2n) is 7.66. The van der Waals surface area contributed by atoms with E-state index in [-0.39, 0.29) is 11.8 Å². The molecule has 0 saturated heterocycles. The number of nitrogens with two attached hydrogens (primary N) is 1. The number of anilines is 1. The summed E-state index contributed by atoms with van der Waals surface area (Å²) in [6, 6.07) is 8.66. The van der Waals surface area contributed by atoms with Gasteiger partial charge in [0, 0.05) is 16.5 Å². The average Bonchev–Trinajstić information content (AvgIpc) is 3.32. The lowest BCUT2D eigenvalue weighted by atomic mass is 10.00. The summed E-state index contributed by atoms with van der Waals surface area (Å²) in [5.74, 6) is 1.87. The molecule has 8 nitrogen and oxygen atoms in total. The molecule has 0 aliphatic carbocycles. The van der Waals surface area contributed by atoms with Crippen LogP contribution in [0.25, 0.3) is 22.4 Å². The van der Waals surface area contributed by atoms with Gasteiger partial charge < -0.3 is 30.0 Å². The van der Waals surface area contributed by atoms with Crippen LogP contribution >= 0.6 is 11.5 Å². The van der Waals surface area contributed by atoms with Crippen molar-refractivity contribution in [1.82, 2.24) is 4.37 Å². The molecule has 0 saturated carbocycles. The zero-order valence-corrected chi connectivity index (χ0v) is 20.4. The standard InChI is InChI=1S/C24H29N3O5S/c1-13(2)21(25)24(28)26-17-9-14(7-8-18(17)29-3)16-12-33-27-22(16)15-10-19(30-4)23(32-6)20(11-15)31-5/h7-13,21H,25H2,1-6H3,(H,26,28)/t21-/m1/s1. The van der Waals surface area contributed by atoms with Crippen LogP contribution in [-0.4, -0.2) is 44.8 Å². The highest BCUT2D eigenvalue weighted by molar-refractivity contribution is 7.04. The summed E-state index contributed by atoms with van der Waals surface area (Å²) >= 11 is 1.33. The molecular formula is C24H29N3O5S. The fraction of sp³-hybridized carbons (Fsp3) is 0.333. The number of carbonyl (C=O) groups excluding carboxylic acids is 1. The highest BCUT2D eigenvalue weighted by Crippen LogP contribution is 2.44. The summed E-state index contributed by atoms with van der Waals surface area (Å²) in [4.78, 5) is 12.6. The minimum absolute atomic E-state index is 0.00638. The van der Waals surface area contributed by atoms with E-state index in [0.717, 1.165) is 22.4 Å². The van der Waals surface area contributed by atoms with Crippen LogP contribution in [0.3, 0.4) is 0 Å². The van der Waals surface area contributed by atoms with Crippen molar-refractivity contribution in [1.29, 1.82) is 0 Å². The number of aromatic nitrogens is 1. The Kier molecular flexibility index (Phi) is 7.78. The van der Waals surface area contributed by atoms with Crippen LogP contribution in [-0.2, 0) is 4.79 Å². The van der Waals surface area contributed by atoms with Crippen molar-refractivity contribution in [2.24, 2.45) is 11.7 Å². The van der Waals surface area contributed by atoms with Crippen molar-refractivity contribution in [2.75, 3.05) is 33.8 Å². The lowest BCUT2D eigenvalue weighted by Gasteiger charge is -2.18. The molecule has 0 unspecified atom stereocenters. The van der Waals surface area contributed by atoms with E-state index in [1.807, 2.05) is 49.6 Å². The molecule has 1 amide bonds. The van der Waals surface area contributed by atoms with Crippen LogP contribution in [0.1, 0.15) is 13.8 Å². The number of benzene rings is 2. The number of rotatable bonds is 9. The van der Waals surface area contributed by atoms with Crippen LogP contribution in [0.15, 0.2) is 35.7 Å². The molecule has 2 aromatic carbocycles. The third kappa shape index (κ3) is 5.04. The number of nitrogens with zero attached hydrogens (tertiary/aromatic N) is 1. The summed E-state index contributed by atoms with van der Waals surface area (Å²) in [7, 11) is 6.26. The number of carbonyl (C=O) groups is 1. The zero-order chi connectivity index (χ0) is 24.1. The third-order valence-corrected chi connectivity index (χ3v) is 5.93. The van der Waals surface area contributed by atoms with Gasteiger partial charge in [-0.1, -0.05) is 19.9 Å². The number of hydrogen-bond acceptors (Lipinski definition) is 8. The minimum Gasteiger partial charge on any atom is -0.495 e. The van der Waals surface area contributed by atoms with Gasteiger partial charge in [0.15, 0.2) is 11.5 Å². The number of hydrogen-bond donors (Lipinski definition) is 2. The fourth-order valence-corrected chi connectivity index (χ4v) is 4.07. The molecule has 0 bridgehead atoms. The van der Waals surface area contributed by atoms with Crippen molar-refractivity contribution >= 4 is 23.1 Å². The molecule has 176 valence electrons. The molecule has 3 N–H and O–H groups in total. The Balaban J connectivity index is 2.06. The second kappa shape index (κ2) is 10.5. The predicted molar refractivity (Wildman–Crippen MR) is 131 cm³/mol. The lowest BCUT2D eigenvalue weighted by molar-refractivity contribution is -0.118. The molecular weight excluding hydrogens is 442 g/mol. The average molecular weight is 472 g/mol. The Bertz CT molecular complexity index is 1100. The molecule has 1 heterocycles. The molecule has 33 heavy (non-hydrogen) atoms. The zero-order valence-electron chi connectivity index (χ0n) is 19.6. The molecule has 3 rings (SSSR count). The van der Waals surface area contributed by atoms with Gasteiger partial charge in [-0.25, -0.2) is 0 Å². The highest BCUT2D eigenvalue weighted by atomic mass is 32.1. The Hall–Kier alpha value is -3.30. The van der Waals surface area contributed by atoms with Crippen molar-refractivity contribution in [3.05, 3.63) is 35.7 Å². The Labute approximate surface area is 197 Å². The lowest BCUT2D eigenvalue weighted by Crippen LogP contribution is -2.39. The first-order chi connectivity index (χ1) is 15.8. The predicted octanol–water partition coefficient (Wildman–Crippen LogP) is 4.43. The molecule has 1 aromatic heterocycles. The summed E-state index contributed by atoms with van der Waals surface area (Å²) < 4.78 is 26.5. The van der Waals surface area contributed by atoms with Gasteiger partial charge >= 0.3 is 0 Å². The summed E-state index contributed by atoms with van der Waals surface area (Å²) in [6.07, 6.45) is 0. The summed E-state index contributed by atoms with van der Waals surface area (Å²) in [5.41, 5.74) is 9.87. The van der Waals surface area contributed by atoms with Crippen molar-refractivity contribution in [2.45, 2.75) is 19.9 Å². The molecule has 9 heteroatoms. The summed E-state index contributed by atoms with van der Waals surface area (Å²) in [6.45, 7) is 3.80.